The zero-order valence-electron chi connectivity index (χ0n) is 7.14. The minimum absolute atomic E-state index is 0.720. The Morgan fingerprint density at radius 1 is 1.50 bits per heavy atom. The van der Waals surface area contributed by atoms with Gasteiger partial charge >= 0.3 is 0 Å². The van der Waals surface area contributed by atoms with Crippen molar-refractivity contribution < 1.29 is 0 Å². The Bertz CT molecular complexity index is 101. The standard InChI is InChI=1S/C10H18/c1-4-6-8-10(3)9-7-5-2/h4,7,9-10H,1,5-6,8H2,2-3H3/b9-7+. The van der Waals surface area contributed by atoms with Gasteiger partial charge in [-0.25, -0.2) is 0 Å². The number of hydrogen-bond donors (Lipinski definition) is 0. The maximum absolute atomic E-state index is 3.69. The SMILES string of the molecule is C=CCCC(C)/C=C/CC. The Morgan fingerprint density at radius 2 is 2.20 bits per heavy atom. The molecule has 10 heavy (non-hydrogen) atoms. The summed E-state index contributed by atoms with van der Waals surface area (Å²) in [6, 6.07) is 0. The monoisotopic (exact) mass is 138 g/mol. The van der Waals surface area contributed by atoms with Crippen LogP contribution in [-0.4, -0.2) is 0 Å². The van der Waals surface area contributed by atoms with Crippen molar-refractivity contribution in [2.75, 3.05) is 0 Å². The first-order valence-corrected chi connectivity index (χ1v) is 4.08. The Balaban J connectivity index is 3.32. The second-order valence-corrected chi connectivity index (χ2v) is 2.68. The van der Waals surface area contributed by atoms with E-state index < -0.39 is 0 Å². The molecule has 0 aromatic heterocycles. The molecule has 0 nitrogen and oxygen atoms in total. The van der Waals surface area contributed by atoms with Gasteiger partial charge < -0.3 is 0 Å². The zero-order valence-corrected chi connectivity index (χ0v) is 7.14. The fraction of sp³-hybridized carbons (Fsp3) is 0.600. The summed E-state index contributed by atoms with van der Waals surface area (Å²) in [5, 5.41) is 0. The van der Waals surface area contributed by atoms with E-state index >= 15 is 0 Å². The largest absolute Gasteiger partial charge is 0.103 e. The Kier molecular flexibility index (Phi) is 6.25. The van der Waals surface area contributed by atoms with Gasteiger partial charge in [-0.3, -0.25) is 0 Å². The van der Waals surface area contributed by atoms with E-state index in [1.807, 2.05) is 6.08 Å². The molecule has 1 atom stereocenters. The third-order valence-electron chi connectivity index (χ3n) is 1.53. The van der Waals surface area contributed by atoms with Gasteiger partial charge in [0, 0.05) is 0 Å². The lowest BCUT2D eigenvalue weighted by Crippen LogP contribution is -1.86. The summed E-state index contributed by atoms with van der Waals surface area (Å²) in [6.45, 7) is 8.10. The highest BCUT2D eigenvalue weighted by Crippen LogP contribution is 2.07. The van der Waals surface area contributed by atoms with E-state index in [2.05, 4.69) is 32.6 Å². The van der Waals surface area contributed by atoms with E-state index in [1.165, 1.54) is 6.42 Å². The highest BCUT2D eigenvalue weighted by atomic mass is 14.0. The van der Waals surface area contributed by atoms with Gasteiger partial charge in [0.25, 0.3) is 0 Å². The van der Waals surface area contributed by atoms with Gasteiger partial charge in [0.15, 0.2) is 0 Å². The number of allylic oxidation sites excluding steroid dienone is 3. The maximum atomic E-state index is 3.69. The molecule has 0 N–H and O–H groups in total. The highest BCUT2D eigenvalue weighted by Gasteiger charge is 1.92. The molecule has 0 heteroatoms. The van der Waals surface area contributed by atoms with Crippen molar-refractivity contribution in [2.45, 2.75) is 33.1 Å². The van der Waals surface area contributed by atoms with E-state index in [0.29, 0.717) is 0 Å². The van der Waals surface area contributed by atoms with Crippen LogP contribution in [0.4, 0.5) is 0 Å². The summed E-state index contributed by atoms with van der Waals surface area (Å²) in [5.41, 5.74) is 0. The predicted molar refractivity (Wildman–Crippen MR) is 48.0 cm³/mol. The molecule has 0 spiro atoms. The quantitative estimate of drug-likeness (QED) is 0.510. The lowest BCUT2D eigenvalue weighted by Gasteiger charge is -2.01. The highest BCUT2D eigenvalue weighted by molar-refractivity contribution is 4.86. The van der Waals surface area contributed by atoms with Gasteiger partial charge in [-0.15, -0.1) is 6.58 Å². The fourth-order valence-electron chi connectivity index (χ4n) is 0.845. The summed E-state index contributed by atoms with van der Waals surface area (Å²) in [6.07, 6.45) is 10.0. The molecule has 0 saturated carbocycles. The van der Waals surface area contributed by atoms with Gasteiger partial charge in [-0.2, -0.15) is 0 Å². The molecule has 0 aliphatic heterocycles. The van der Waals surface area contributed by atoms with Gasteiger partial charge in [-0.05, 0) is 25.2 Å². The van der Waals surface area contributed by atoms with E-state index in [4.69, 9.17) is 0 Å². The summed E-state index contributed by atoms with van der Waals surface area (Å²) in [7, 11) is 0. The van der Waals surface area contributed by atoms with Gasteiger partial charge in [0.05, 0.1) is 0 Å². The van der Waals surface area contributed by atoms with Crippen LogP contribution < -0.4 is 0 Å². The van der Waals surface area contributed by atoms with E-state index in [9.17, 15) is 0 Å². The summed E-state index contributed by atoms with van der Waals surface area (Å²) < 4.78 is 0. The maximum Gasteiger partial charge on any atom is -0.0259 e. The third-order valence-corrected chi connectivity index (χ3v) is 1.53. The molecule has 0 aliphatic rings. The topological polar surface area (TPSA) is 0 Å². The van der Waals surface area contributed by atoms with Crippen LogP contribution in [0.2, 0.25) is 0 Å². The normalized spacial score (nSPS) is 13.8. The van der Waals surface area contributed by atoms with Crippen LogP contribution in [0.3, 0.4) is 0 Å². The minimum atomic E-state index is 0.720. The lowest BCUT2D eigenvalue weighted by molar-refractivity contribution is 0.656. The zero-order chi connectivity index (χ0) is 7.82. The van der Waals surface area contributed by atoms with Crippen LogP contribution in [0.1, 0.15) is 33.1 Å². The van der Waals surface area contributed by atoms with Crippen LogP contribution in [0.25, 0.3) is 0 Å². The van der Waals surface area contributed by atoms with E-state index in [-0.39, 0.29) is 0 Å². The molecule has 1 unspecified atom stereocenters. The molecule has 0 aromatic carbocycles. The lowest BCUT2D eigenvalue weighted by atomic mass is 10.1. The molecule has 0 bridgehead atoms. The van der Waals surface area contributed by atoms with Crippen molar-refractivity contribution in [3.8, 4) is 0 Å². The molecule has 0 aromatic rings. The van der Waals surface area contributed by atoms with Crippen LogP contribution in [-0.2, 0) is 0 Å². The van der Waals surface area contributed by atoms with Crippen LogP contribution >= 0.6 is 0 Å². The van der Waals surface area contributed by atoms with Crippen molar-refractivity contribution in [3.05, 3.63) is 24.8 Å². The molecule has 0 saturated heterocycles. The second kappa shape index (κ2) is 6.60. The van der Waals surface area contributed by atoms with E-state index in [0.717, 1.165) is 18.8 Å². The average Bonchev–Trinajstić information content (AvgIpc) is 1.97. The summed E-state index contributed by atoms with van der Waals surface area (Å²) in [5.74, 6) is 0.720. The Labute approximate surface area is 64.6 Å². The first kappa shape index (κ1) is 9.48. The van der Waals surface area contributed by atoms with Crippen LogP contribution in [0.5, 0.6) is 0 Å². The van der Waals surface area contributed by atoms with Crippen molar-refractivity contribution in [1.29, 1.82) is 0 Å². The van der Waals surface area contributed by atoms with Crippen molar-refractivity contribution in [3.63, 3.8) is 0 Å². The molecular weight excluding hydrogens is 120 g/mol. The molecule has 0 amide bonds. The number of rotatable bonds is 5. The molecule has 0 fully saturated rings. The van der Waals surface area contributed by atoms with Crippen molar-refractivity contribution in [2.24, 2.45) is 5.92 Å². The smallest absolute Gasteiger partial charge is 0.0259 e. The van der Waals surface area contributed by atoms with Crippen molar-refractivity contribution in [1.82, 2.24) is 0 Å². The van der Waals surface area contributed by atoms with Crippen LogP contribution in [0, 0.1) is 5.92 Å². The molecule has 0 radical (unpaired) electrons. The number of hydrogen-bond acceptors (Lipinski definition) is 0. The third kappa shape index (κ3) is 5.61. The molecule has 0 aliphatic carbocycles. The molecular formula is C10H18. The van der Waals surface area contributed by atoms with Gasteiger partial charge in [0.2, 0.25) is 0 Å². The fourth-order valence-corrected chi connectivity index (χ4v) is 0.845. The molecule has 0 rings (SSSR count). The van der Waals surface area contributed by atoms with Crippen LogP contribution in [0.15, 0.2) is 24.8 Å². The first-order chi connectivity index (χ1) is 4.81. The molecule has 58 valence electrons. The van der Waals surface area contributed by atoms with E-state index in [1.54, 1.807) is 0 Å². The van der Waals surface area contributed by atoms with Gasteiger partial charge in [0.1, 0.15) is 0 Å². The summed E-state index contributed by atoms with van der Waals surface area (Å²) >= 11 is 0. The minimum Gasteiger partial charge on any atom is -0.103 e. The average molecular weight is 138 g/mol. The predicted octanol–water partition coefficient (Wildman–Crippen LogP) is 3.55. The Hall–Kier alpha value is -0.520. The summed E-state index contributed by atoms with van der Waals surface area (Å²) in [4.78, 5) is 0. The first-order valence-electron chi connectivity index (χ1n) is 4.08. The second-order valence-electron chi connectivity index (χ2n) is 2.68. The van der Waals surface area contributed by atoms with Crippen molar-refractivity contribution >= 4 is 0 Å². The Morgan fingerprint density at radius 3 is 2.70 bits per heavy atom. The van der Waals surface area contributed by atoms with Gasteiger partial charge in [-0.1, -0.05) is 32.1 Å². The molecule has 0 heterocycles.